The molecule has 36 heavy (non-hydrogen) atoms. The summed E-state index contributed by atoms with van der Waals surface area (Å²) in [6.07, 6.45) is 1.67. The Morgan fingerprint density at radius 3 is 2.61 bits per heavy atom. The van der Waals surface area contributed by atoms with Gasteiger partial charge < -0.3 is 10.1 Å². The van der Waals surface area contributed by atoms with Gasteiger partial charge in [-0.3, -0.25) is 14.2 Å². The molecule has 0 saturated carbocycles. The monoisotopic (exact) mass is 515 g/mol. The lowest BCUT2D eigenvalue weighted by Crippen LogP contribution is -2.32. The van der Waals surface area contributed by atoms with E-state index in [9.17, 15) is 14.9 Å². The number of hydrogen-bond acceptors (Lipinski definition) is 5. The van der Waals surface area contributed by atoms with Crippen molar-refractivity contribution in [1.82, 2.24) is 4.57 Å². The largest absolute Gasteiger partial charge is 0.493 e. The Morgan fingerprint density at radius 2 is 1.92 bits per heavy atom. The molecule has 3 aromatic carbocycles. The summed E-state index contributed by atoms with van der Waals surface area (Å²) in [4.78, 5) is 26.8. The molecule has 1 N–H and O–H groups in total. The Labute approximate surface area is 217 Å². The number of carbonyl (C=O) groups excluding carboxylic acids is 1. The first-order valence-electron chi connectivity index (χ1n) is 11.1. The second kappa shape index (κ2) is 11.1. The van der Waals surface area contributed by atoms with E-state index in [1.807, 2.05) is 38.1 Å². The summed E-state index contributed by atoms with van der Waals surface area (Å²) in [7, 11) is 0. The van der Waals surface area contributed by atoms with Crippen LogP contribution in [0, 0.1) is 18.3 Å². The van der Waals surface area contributed by atoms with Crippen molar-refractivity contribution >= 4 is 46.2 Å². The van der Waals surface area contributed by atoms with Crippen molar-refractivity contribution in [3.8, 4) is 17.5 Å². The SMILES string of the molecule is CCOc1ccc(Cl)cc1/C=c1/s/c(=C(/C#N)C(=O)Nc2cccc(C)c2)n(-c2ccccc2)c1=O. The number of halogens is 1. The molecule has 1 aromatic heterocycles. The number of benzene rings is 3. The molecule has 4 rings (SSSR count). The standard InChI is InChI=1S/C28H22ClN3O3S/c1-3-35-24-13-12-20(29)15-19(24)16-25-27(34)32(22-10-5-4-6-11-22)28(36-25)23(17-30)26(33)31-21-9-7-8-18(2)14-21/h4-16H,3H2,1-2H3,(H,31,33)/b25-16+,28-23-. The quantitative estimate of drug-likeness (QED) is 0.412. The first-order valence-corrected chi connectivity index (χ1v) is 12.3. The van der Waals surface area contributed by atoms with Gasteiger partial charge in [-0.2, -0.15) is 5.26 Å². The second-order valence-corrected chi connectivity index (χ2v) is 9.28. The summed E-state index contributed by atoms with van der Waals surface area (Å²) in [5, 5.41) is 13.3. The maximum Gasteiger partial charge on any atom is 0.273 e. The van der Waals surface area contributed by atoms with Gasteiger partial charge in [0.15, 0.2) is 5.57 Å². The molecule has 4 aromatic rings. The minimum Gasteiger partial charge on any atom is -0.493 e. The number of aryl methyl sites for hydroxylation is 1. The number of nitriles is 1. The Balaban J connectivity index is 1.97. The molecule has 0 aliphatic carbocycles. The summed E-state index contributed by atoms with van der Waals surface area (Å²) >= 11 is 7.26. The number of nitrogens with zero attached hydrogens (tertiary/aromatic N) is 2. The van der Waals surface area contributed by atoms with Crippen molar-refractivity contribution in [2.75, 3.05) is 11.9 Å². The van der Waals surface area contributed by atoms with Gasteiger partial charge in [-0.15, -0.1) is 11.3 Å². The van der Waals surface area contributed by atoms with Gasteiger partial charge in [0.25, 0.3) is 11.5 Å². The first-order chi connectivity index (χ1) is 17.4. The van der Waals surface area contributed by atoms with Gasteiger partial charge in [-0.1, -0.05) is 41.9 Å². The number of hydrogen-bond donors (Lipinski definition) is 1. The molecule has 0 aliphatic heterocycles. The molecule has 0 spiro atoms. The normalized spacial score (nSPS) is 12.1. The first kappa shape index (κ1) is 25.0. The highest BCUT2D eigenvalue weighted by Gasteiger charge is 2.17. The summed E-state index contributed by atoms with van der Waals surface area (Å²) in [5.41, 5.74) is 2.16. The van der Waals surface area contributed by atoms with Crippen LogP contribution in [0.2, 0.25) is 5.02 Å². The highest BCUT2D eigenvalue weighted by atomic mass is 35.5. The molecule has 6 nitrogen and oxygen atoms in total. The molecule has 8 heteroatoms. The zero-order valence-corrected chi connectivity index (χ0v) is 21.2. The van der Waals surface area contributed by atoms with Crippen molar-refractivity contribution in [2.45, 2.75) is 13.8 Å². The predicted molar refractivity (Wildman–Crippen MR) is 144 cm³/mol. The zero-order chi connectivity index (χ0) is 25.7. The van der Waals surface area contributed by atoms with Crippen LogP contribution in [-0.2, 0) is 4.79 Å². The van der Waals surface area contributed by atoms with Crippen molar-refractivity contribution in [3.05, 3.63) is 108 Å². The van der Waals surface area contributed by atoms with Crippen LogP contribution in [0.4, 0.5) is 5.69 Å². The third-order valence-corrected chi connectivity index (χ3v) is 6.55. The highest BCUT2D eigenvalue weighted by Crippen LogP contribution is 2.23. The predicted octanol–water partition coefficient (Wildman–Crippen LogP) is 4.40. The molecule has 0 saturated heterocycles. The Bertz CT molecular complexity index is 1650. The maximum atomic E-state index is 13.6. The lowest BCUT2D eigenvalue weighted by molar-refractivity contribution is -0.111. The molecule has 0 aliphatic rings. The number of ether oxygens (including phenoxy) is 1. The van der Waals surface area contributed by atoms with Crippen LogP contribution < -0.4 is 24.8 Å². The number of rotatable bonds is 6. The third-order valence-electron chi connectivity index (χ3n) is 5.22. The lowest BCUT2D eigenvalue weighted by Gasteiger charge is -2.06. The topological polar surface area (TPSA) is 84.1 Å². The molecule has 0 atom stereocenters. The van der Waals surface area contributed by atoms with Crippen LogP contribution in [0.5, 0.6) is 5.75 Å². The summed E-state index contributed by atoms with van der Waals surface area (Å²) in [5.74, 6) is -0.0254. The van der Waals surface area contributed by atoms with E-state index < -0.39 is 5.91 Å². The smallest absolute Gasteiger partial charge is 0.273 e. The molecule has 1 amide bonds. The lowest BCUT2D eigenvalue weighted by atomic mass is 10.2. The average molecular weight is 516 g/mol. The van der Waals surface area contributed by atoms with E-state index in [0.717, 1.165) is 16.9 Å². The summed E-state index contributed by atoms with van der Waals surface area (Å²) in [6.45, 7) is 4.22. The van der Waals surface area contributed by atoms with Crippen LogP contribution in [0.25, 0.3) is 17.3 Å². The maximum absolute atomic E-state index is 13.6. The Kier molecular flexibility index (Phi) is 7.69. The fourth-order valence-electron chi connectivity index (χ4n) is 3.63. The van der Waals surface area contributed by atoms with E-state index in [1.165, 1.54) is 4.57 Å². The number of nitrogens with one attached hydrogen (secondary N) is 1. The molecule has 0 bridgehead atoms. The van der Waals surface area contributed by atoms with Crippen molar-refractivity contribution in [2.24, 2.45) is 0 Å². The highest BCUT2D eigenvalue weighted by molar-refractivity contribution is 7.07. The van der Waals surface area contributed by atoms with Gasteiger partial charge in [0.1, 0.15) is 16.5 Å². The van der Waals surface area contributed by atoms with Crippen LogP contribution >= 0.6 is 22.9 Å². The van der Waals surface area contributed by atoms with Gasteiger partial charge in [-0.05, 0) is 68.0 Å². The zero-order valence-electron chi connectivity index (χ0n) is 19.6. The summed E-state index contributed by atoms with van der Waals surface area (Å²) < 4.78 is 7.63. The van der Waals surface area contributed by atoms with Crippen molar-refractivity contribution in [1.29, 1.82) is 5.26 Å². The number of para-hydroxylation sites is 1. The van der Waals surface area contributed by atoms with E-state index >= 15 is 0 Å². The minimum absolute atomic E-state index is 0.168. The van der Waals surface area contributed by atoms with E-state index in [1.54, 1.807) is 60.7 Å². The molecular formula is C28H22ClN3O3S. The minimum atomic E-state index is -0.599. The third kappa shape index (κ3) is 5.41. The van der Waals surface area contributed by atoms with Crippen LogP contribution in [0.15, 0.2) is 77.6 Å². The number of amides is 1. The van der Waals surface area contributed by atoms with Crippen LogP contribution in [-0.4, -0.2) is 17.1 Å². The van der Waals surface area contributed by atoms with Gasteiger partial charge in [0.05, 0.1) is 16.8 Å². The van der Waals surface area contributed by atoms with Gasteiger partial charge in [0.2, 0.25) is 0 Å². The Hall–Kier alpha value is -4.12. The molecule has 0 unspecified atom stereocenters. The molecule has 0 fully saturated rings. The van der Waals surface area contributed by atoms with Crippen LogP contribution in [0.3, 0.4) is 0 Å². The van der Waals surface area contributed by atoms with Crippen LogP contribution in [0.1, 0.15) is 18.1 Å². The Morgan fingerprint density at radius 1 is 1.14 bits per heavy atom. The molecule has 1 heterocycles. The summed E-state index contributed by atoms with van der Waals surface area (Å²) in [6, 6.07) is 23.3. The van der Waals surface area contributed by atoms with Gasteiger partial charge >= 0.3 is 0 Å². The van der Waals surface area contributed by atoms with Gasteiger partial charge in [0, 0.05) is 16.3 Å². The fraction of sp³-hybridized carbons (Fsp3) is 0.107. The number of aromatic nitrogens is 1. The second-order valence-electron chi connectivity index (χ2n) is 7.82. The van der Waals surface area contributed by atoms with E-state index in [-0.39, 0.29) is 15.8 Å². The average Bonchev–Trinajstić information content (AvgIpc) is 3.17. The van der Waals surface area contributed by atoms with E-state index in [4.69, 9.17) is 16.3 Å². The fourth-order valence-corrected chi connectivity index (χ4v) is 4.91. The molecular weight excluding hydrogens is 494 g/mol. The molecule has 180 valence electrons. The van der Waals surface area contributed by atoms with Crippen molar-refractivity contribution in [3.63, 3.8) is 0 Å². The number of thiazole rings is 1. The molecule has 0 radical (unpaired) electrons. The van der Waals surface area contributed by atoms with E-state index in [0.29, 0.717) is 38.8 Å². The van der Waals surface area contributed by atoms with Gasteiger partial charge in [-0.25, -0.2) is 0 Å². The number of carbonyl (C=O) groups is 1. The number of anilines is 1. The van der Waals surface area contributed by atoms with Crippen molar-refractivity contribution < 1.29 is 9.53 Å². The van der Waals surface area contributed by atoms with E-state index in [2.05, 4.69) is 5.32 Å².